The van der Waals surface area contributed by atoms with Crippen molar-refractivity contribution >= 4 is 17.3 Å². The van der Waals surface area contributed by atoms with Crippen LogP contribution in [0.25, 0.3) is 0 Å². The SMILES string of the molecule is CC(=O)Nc1ccc(C)c(NCc2nccn2Cc2ccccc2)c1. The Kier molecular flexibility index (Phi) is 5.14. The van der Waals surface area contributed by atoms with Gasteiger partial charge in [0.2, 0.25) is 5.91 Å². The van der Waals surface area contributed by atoms with Crippen LogP contribution in [0.3, 0.4) is 0 Å². The summed E-state index contributed by atoms with van der Waals surface area (Å²) in [6.45, 7) is 4.95. The Morgan fingerprint density at radius 3 is 2.72 bits per heavy atom. The van der Waals surface area contributed by atoms with E-state index in [4.69, 9.17) is 0 Å². The molecule has 0 saturated heterocycles. The molecule has 0 unspecified atom stereocenters. The molecule has 0 fully saturated rings. The molecule has 128 valence electrons. The quantitative estimate of drug-likeness (QED) is 0.721. The predicted molar refractivity (Wildman–Crippen MR) is 101 cm³/mol. The maximum Gasteiger partial charge on any atom is 0.221 e. The number of anilines is 2. The first-order valence-corrected chi connectivity index (χ1v) is 8.28. The fourth-order valence-corrected chi connectivity index (χ4v) is 2.70. The lowest BCUT2D eigenvalue weighted by molar-refractivity contribution is -0.114. The van der Waals surface area contributed by atoms with Crippen molar-refractivity contribution in [3.63, 3.8) is 0 Å². The molecule has 0 saturated carbocycles. The standard InChI is InChI=1S/C20H22N4O/c1-15-8-9-18(23-16(2)25)12-19(15)22-13-20-21-10-11-24(20)14-17-6-4-3-5-7-17/h3-12,22H,13-14H2,1-2H3,(H,23,25). The van der Waals surface area contributed by atoms with Gasteiger partial charge in [-0.2, -0.15) is 0 Å². The van der Waals surface area contributed by atoms with Gasteiger partial charge >= 0.3 is 0 Å². The number of carbonyl (C=O) groups excluding carboxylic acids is 1. The van der Waals surface area contributed by atoms with Crippen LogP contribution in [-0.2, 0) is 17.9 Å². The molecule has 2 aromatic carbocycles. The number of carbonyl (C=O) groups is 1. The summed E-state index contributed by atoms with van der Waals surface area (Å²) in [6, 6.07) is 16.2. The van der Waals surface area contributed by atoms with Gasteiger partial charge in [-0.25, -0.2) is 4.98 Å². The van der Waals surface area contributed by atoms with Gasteiger partial charge in [0, 0.05) is 37.2 Å². The summed E-state index contributed by atoms with van der Waals surface area (Å²) in [6.07, 6.45) is 3.81. The molecule has 3 aromatic rings. The minimum absolute atomic E-state index is 0.0757. The Morgan fingerprint density at radius 2 is 1.96 bits per heavy atom. The Labute approximate surface area is 147 Å². The molecule has 0 radical (unpaired) electrons. The summed E-state index contributed by atoms with van der Waals surface area (Å²) in [5.41, 5.74) is 4.13. The highest BCUT2D eigenvalue weighted by molar-refractivity contribution is 5.89. The molecule has 3 rings (SSSR count). The molecule has 0 aliphatic carbocycles. The second-order valence-electron chi connectivity index (χ2n) is 6.02. The highest BCUT2D eigenvalue weighted by atomic mass is 16.1. The van der Waals surface area contributed by atoms with Gasteiger partial charge in [-0.15, -0.1) is 0 Å². The van der Waals surface area contributed by atoms with Crippen LogP contribution in [-0.4, -0.2) is 15.5 Å². The van der Waals surface area contributed by atoms with Crippen molar-refractivity contribution in [3.05, 3.63) is 77.9 Å². The number of rotatable bonds is 6. The third-order valence-corrected chi connectivity index (χ3v) is 3.99. The normalized spacial score (nSPS) is 10.5. The number of aromatic nitrogens is 2. The molecule has 5 nitrogen and oxygen atoms in total. The lowest BCUT2D eigenvalue weighted by Gasteiger charge is -2.13. The van der Waals surface area contributed by atoms with Crippen LogP contribution in [0.15, 0.2) is 60.9 Å². The maximum absolute atomic E-state index is 11.2. The van der Waals surface area contributed by atoms with Crippen LogP contribution < -0.4 is 10.6 Å². The summed E-state index contributed by atoms with van der Waals surface area (Å²) in [5, 5.41) is 6.23. The molecule has 0 bridgehead atoms. The number of hydrogen-bond donors (Lipinski definition) is 2. The number of hydrogen-bond acceptors (Lipinski definition) is 3. The molecule has 1 amide bonds. The molecule has 0 atom stereocenters. The van der Waals surface area contributed by atoms with Crippen molar-refractivity contribution in [2.75, 3.05) is 10.6 Å². The summed E-state index contributed by atoms with van der Waals surface area (Å²) in [4.78, 5) is 15.7. The first-order chi connectivity index (χ1) is 12.1. The molecule has 0 spiro atoms. The van der Waals surface area contributed by atoms with E-state index >= 15 is 0 Å². The van der Waals surface area contributed by atoms with E-state index in [0.29, 0.717) is 6.54 Å². The second kappa shape index (κ2) is 7.66. The monoisotopic (exact) mass is 334 g/mol. The van der Waals surface area contributed by atoms with Crippen molar-refractivity contribution < 1.29 is 4.79 Å². The minimum Gasteiger partial charge on any atom is -0.378 e. The van der Waals surface area contributed by atoms with E-state index in [1.807, 2.05) is 55.7 Å². The van der Waals surface area contributed by atoms with Gasteiger partial charge in [0.1, 0.15) is 5.82 Å². The van der Waals surface area contributed by atoms with Crippen LogP contribution in [0.1, 0.15) is 23.9 Å². The van der Waals surface area contributed by atoms with Gasteiger partial charge in [-0.1, -0.05) is 36.4 Å². The van der Waals surface area contributed by atoms with E-state index in [0.717, 1.165) is 29.3 Å². The molecule has 0 aliphatic rings. The van der Waals surface area contributed by atoms with E-state index in [9.17, 15) is 4.79 Å². The maximum atomic E-state index is 11.2. The third-order valence-electron chi connectivity index (χ3n) is 3.99. The number of nitrogens with zero attached hydrogens (tertiary/aromatic N) is 2. The van der Waals surface area contributed by atoms with Crippen LogP contribution in [0.2, 0.25) is 0 Å². The topological polar surface area (TPSA) is 59.0 Å². The van der Waals surface area contributed by atoms with E-state index in [-0.39, 0.29) is 5.91 Å². The highest BCUT2D eigenvalue weighted by Crippen LogP contribution is 2.21. The summed E-state index contributed by atoms with van der Waals surface area (Å²) < 4.78 is 2.13. The Hall–Kier alpha value is -3.08. The lowest BCUT2D eigenvalue weighted by Crippen LogP contribution is -2.11. The van der Waals surface area contributed by atoms with Crippen LogP contribution >= 0.6 is 0 Å². The van der Waals surface area contributed by atoms with Gasteiger partial charge in [-0.3, -0.25) is 4.79 Å². The zero-order chi connectivity index (χ0) is 17.6. The van der Waals surface area contributed by atoms with Crippen LogP contribution in [0, 0.1) is 6.92 Å². The average Bonchev–Trinajstić information content (AvgIpc) is 3.03. The van der Waals surface area contributed by atoms with E-state index in [2.05, 4.69) is 32.3 Å². The molecule has 5 heteroatoms. The van der Waals surface area contributed by atoms with Crippen molar-refractivity contribution in [1.29, 1.82) is 0 Å². The zero-order valence-corrected chi connectivity index (χ0v) is 14.5. The molecule has 25 heavy (non-hydrogen) atoms. The average molecular weight is 334 g/mol. The summed E-state index contributed by atoms with van der Waals surface area (Å²) in [5.74, 6) is 0.890. The largest absolute Gasteiger partial charge is 0.378 e. The molecule has 0 aliphatic heterocycles. The zero-order valence-electron chi connectivity index (χ0n) is 14.5. The van der Waals surface area contributed by atoms with E-state index < -0.39 is 0 Å². The van der Waals surface area contributed by atoms with E-state index in [1.165, 1.54) is 12.5 Å². The van der Waals surface area contributed by atoms with Gasteiger partial charge in [0.15, 0.2) is 0 Å². The number of benzene rings is 2. The van der Waals surface area contributed by atoms with Gasteiger partial charge in [0.05, 0.1) is 6.54 Å². The fraction of sp³-hybridized carbons (Fsp3) is 0.200. The Balaban J connectivity index is 1.70. The highest BCUT2D eigenvalue weighted by Gasteiger charge is 2.06. The first kappa shape index (κ1) is 16.8. The lowest BCUT2D eigenvalue weighted by atomic mass is 10.1. The smallest absolute Gasteiger partial charge is 0.221 e. The third kappa shape index (κ3) is 4.47. The van der Waals surface area contributed by atoms with Gasteiger partial charge < -0.3 is 15.2 Å². The number of nitrogens with one attached hydrogen (secondary N) is 2. The number of aryl methyl sites for hydroxylation is 1. The summed E-state index contributed by atoms with van der Waals surface area (Å²) in [7, 11) is 0. The summed E-state index contributed by atoms with van der Waals surface area (Å²) >= 11 is 0. The van der Waals surface area contributed by atoms with Crippen molar-refractivity contribution in [3.8, 4) is 0 Å². The second-order valence-corrected chi connectivity index (χ2v) is 6.02. The van der Waals surface area contributed by atoms with Crippen LogP contribution in [0.4, 0.5) is 11.4 Å². The molecule has 1 aromatic heterocycles. The Morgan fingerprint density at radius 1 is 1.16 bits per heavy atom. The molecular formula is C20H22N4O. The minimum atomic E-state index is -0.0757. The van der Waals surface area contributed by atoms with Gasteiger partial charge in [-0.05, 0) is 30.2 Å². The van der Waals surface area contributed by atoms with Crippen LogP contribution in [0.5, 0.6) is 0 Å². The fourth-order valence-electron chi connectivity index (χ4n) is 2.70. The van der Waals surface area contributed by atoms with Gasteiger partial charge in [0.25, 0.3) is 0 Å². The van der Waals surface area contributed by atoms with E-state index in [1.54, 1.807) is 0 Å². The van der Waals surface area contributed by atoms with Crippen molar-refractivity contribution in [2.45, 2.75) is 26.9 Å². The number of imidazole rings is 1. The van der Waals surface area contributed by atoms with Crippen molar-refractivity contribution in [2.24, 2.45) is 0 Å². The number of amides is 1. The molecule has 1 heterocycles. The van der Waals surface area contributed by atoms with Crippen molar-refractivity contribution in [1.82, 2.24) is 9.55 Å². The first-order valence-electron chi connectivity index (χ1n) is 8.28. The predicted octanol–water partition coefficient (Wildman–Crippen LogP) is 3.81. The molecule has 2 N–H and O–H groups in total. The Bertz CT molecular complexity index is 855. The molecular weight excluding hydrogens is 312 g/mol.